The average Bonchev–Trinajstić information content (AvgIpc) is 2.63. The Hall–Kier alpha value is -2.47. The largest absolute Gasteiger partial charge is 0.354 e. The van der Waals surface area contributed by atoms with Crippen molar-refractivity contribution >= 4 is 32.7 Å². The van der Waals surface area contributed by atoms with E-state index in [1.165, 1.54) is 10.9 Å². The highest BCUT2D eigenvalue weighted by molar-refractivity contribution is 9.10. The van der Waals surface area contributed by atoms with Crippen LogP contribution in [0.4, 0.5) is 0 Å². The fourth-order valence-electron chi connectivity index (χ4n) is 2.62. The van der Waals surface area contributed by atoms with Gasteiger partial charge in [-0.05, 0) is 29.7 Å². The van der Waals surface area contributed by atoms with Crippen LogP contribution in [0.2, 0.25) is 0 Å². The van der Waals surface area contributed by atoms with Gasteiger partial charge in [-0.2, -0.15) is 0 Å². The van der Waals surface area contributed by atoms with Crippen LogP contribution in [0.15, 0.2) is 64.1 Å². The van der Waals surface area contributed by atoms with Gasteiger partial charge in [-0.1, -0.05) is 53.2 Å². The number of carbonyl (C=O) groups excluding carboxylic acids is 1. The van der Waals surface area contributed by atoms with E-state index in [-0.39, 0.29) is 23.9 Å². The molecule has 1 aromatic heterocycles. The summed E-state index contributed by atoms with van der Waals surface area (Å²) in [5.74, 6) is -0.00594. The molecule has 25 heavy (non-hydrogen) atoms. The van der Waals surface area contributed by atoms with Gasteiger partial charge in [-0.3, -0.25) is 14.2 Å². The van der Waals surface area contributed by atoms with E-state index in [0.717, 1.165) is 10.0 Å². The van der Waals surface area contributed by atoms with E-state index in [1.54, 1.807) is 12.1 Å². The standard InChI is InChI=1S/C19H18BrN3O2/c1-13(14-5-3-2-4-6-14)10-21-18(24)11-23-12-22-17-8-7-15(20)9-16(17)19(23)25/h2-9,12-13H,10-11H2,1H3,(H,21,24)/t13-/m1/s1. The number of amides is 1. The molecule has 6 heteroatoms. The number of hydrogen-bond donors (Lipinski definition) is 1. The SMILES string of the molecule is C[C@H](CNC(=O)Cn1cnc2ccc(Br)cc2c1=O)c1ccccc1. The maximum Gasteiger partial charge on any atom is 0.261 e. The topological polar surface area (TPSA) is 64.0 Å². The van der Waals surface area contributed by atoms with Crippen LogP contribution in [-0.4, -0.2) is 22.0 Å². The zero-order chi connectivity index (χ0) is 17.8. The van der Waals surface area contributed by atoms with Crippen LogP contribution < -0.4 is 10.9 Å². The zero-order valence-electron chi connectivity index (χ0n) is 13.8. The predicted octanol–water partition coefficient (Wildman–Crippen LogP) is 3.08. The molecule has 3 aromatic rings. The summed E-state index contributed by atoms with van der Waals surface area (Å²) in [7, 11) is 0. The van der Waals surface area contributed by atoms with E-state index in [9.17, 15) is 9.59 Å². The molecule has 0 fully saturated rings. The van der Waals surface area contributed by atoms with Crippen LogP contribution in [0.25, 0.3) is 10.9 Å². The Kier molecular flexibility index (Phi) is 5.28. The van der Waals surface area contributed by atoms with Gasteiger partial charge in [-0.25, -0.2) is 4.98 Å². The van der Waals surface area contributed by atoms with E-state index in [1.807, 2.05) is 36.4 Å². The average molecular weight is 400 g/mol. The molecule has 1 heterocycles. The van der Waals surface area contributed by atoms with E-state index < -0.39 is 0 Å². The molecule has 1 atom stereocenters. The minimum absolute atomic E-state index is 0.0458. The second-order valence-corrected chi connectivity index (χ2v) is 6.87. The monoisotopic (exact) mass is 399 g/mol. The molecule has 0 saturated heterocycles. The number of fused-ring (bicyclic) bond motifs is 1. The Labute approximate surface area is 153 Å². The van der Waals surface area contributed by atoms with Gasteiger partial charge in [0.1, 0.15) is 6.54 Å². The first-order chi connectivity index (χ1) is 12.0. The molecular formula is C19H18BrN3O2. The highest BCUT2D eigenvalue weighted by Crippen LogP contribution is 2.15. The first kappa shape index (κ1) is 17.4. The second-order valence-electron chi connectivity index (χ2n) is 5.95. The molecule has 0 aliphatic carbocycles. The molecule has 0 saturated carbocycles. The molecule has 3 rings (SSSR count). The van der Waals surface area contributed by atoms with E-state index in [2.05, 4.69) is 33.2 Å². The number of aromatic nitrogens is 2. The van der Waals surface area contributed by atoms with Gasteiger partial charge in [0, 0.05) is 11.0 Å². The molecule has 0 bridgehead atoms. The lowest BCUT2D eigenvalue weighted by molar-refractivity contribution is -0.121. The lowest BCUT2D eigenvalue weighted by atomic mass is 10.0. The first-order valence-electron chi connectivity index (χ1n) is 8.01. The minimum atomic E-state index is -0.224. The molecule has 128 valence electrons. The van der Waals surface area contributed by atoms with Crippen LogP contribution in [0.3, 0.4) is 0 Å². The van der Waals surface area contributed by atoms with Crippen LogP contribution in [0.1, 0.15) is 18.4 Å². The van der Waals surface area contributed by atoms with Crippen molar-refractivity contribution in [3.8, 4) is 0 Å². The summed E-state index contributed by atoms with van der Waals surface area (Å²) in [5, 5.41) is 3.37. The molecule has 1 N–H and O–H groups in total. The Balaban J connectivity index is 1.68. The van der Waals surface area contributed by atoms with Crippen molar-refractivity contribution in [2.45, 2.75) is 19.4 Å². The number of benzene rings is 2. The van der Waals surface area contributed by atoms with Crippen molar-refractivity contribution < 1.29 is 4.79 Å². The molecule has 0 spiro atoms. The number of rotatable bonds is 5. The van der Waals surface area contributed by atoms with Crippen molar-refractivity contribution in [3.63, 3.8) is 0 Å². The highest BCUT2D eigenvalue weighted by atomic mass is 79.9. The minimum Gasteiger partial charge on any atom is -0.354 e. The highest BCUT2D eigenvalue weighted by Gasteiger charge is 2.10. The fraction of sp³-hybridized carbons (Fsp3) is 0.211. The maximum atomic E-state index is 12.5. The van der Waals surface area contributed by atoms with Gasteiger partial charge in [-0.15, -0.1) is 0 Å². The molecule has 0 radical (unpaired) electrons. The van der Waals surface area contributed by atoms with Crippen molar-refractivity contribution in [3.05, 3.63) is 75.2 Å². The third kappa shape index (κ3) is 4.14. The summed E-state index contributed by atoms with van der Waals surface area (Å²) in [6.45, 7) is 2.52. The van der Waals surface area contributed by atoms with Crippen molar-refractivity contribution in [1.29, 1.82) is 0 Å². The quantitative estimate of drug-likeness (QED) is 0.716. The summed E-state index contributed by atoms with van der Waals surface area (Å²) >= 11 is 3.35. The summed E-state index contributed by atoms with van der Waals surface area (Å²) in [6, 6.07) is 15.3. The van der Waals surface area contributed by atoms with Crippen LogP contribution in [0.5, 0.6) is 0 Å². The molecule has 0 aliphatic rings. The Morgan fingerprint density at radius 3 is 2.76 bits per heavy atom. The van der Waals surface area contributed by atoms with Crippen molar-refractivity contribution in [2.24, 2.45) is 0 Å². The summed E-state index contributed by atoms with van der Waals surface area (Å²) in [6.07, 6.45) is 1.42. The number of nitrogens with one attached hydrogen (secondary N) is 1. The number of carbonyl (C=O) groups is 1. The van der Waals surface area contributed by atoms with Crippen LogP contribution in [0, 0.1) is 0 Å². The fourth-order valence-corrected chi connectivity index (χ4v) is 2.98. The van der Waals surface area contributed by atoms with Gasteiger partial charge in [0.05, 0.1) is 17.2 Å². The van der Waals surface area contributed by atoms with Gasteiger partial charge in [0.2, 0.25) is 5.91 Å². The third-order valence-electron chi connectivity index (χ3n) is 4.07. The van der Waals surface area contributed by atoms with E-state index >= 15 is 0 Å². The molecule has 0 unspecified atom stereocenters. The molecule has 0 aliphatic heterocycles. The van der Waals surface area contributed by atoms with Gasteiger partial charge in [0.15, 0.2) is 0 Å². The van der Waals surface area contributed by atoms with Crippen LogP contribution >= 0.6 is 15.9 Å². The Bertz CT molecular complexity index is 954. The maximum absolute atomic E-state index is 12.5. The van der Waals surface area contributed by atoms with Gasteiger partial charge >= 0.3 is 0 Å². The second kappa shape index (κ2) is 7.61. The van der Waals surface area contributed by atoms with Crippen molar-refractivity contribution in [2.75, 3.05) is 6.54 Å². The van der Waals surface area contributed by atoms with Crippen molar-refractivity contribution in [1.82, 2.24) is 14.9 Å². The Morgan fingerprint density at radius 2 is 2.00 bits per heavy atom. The predicted molar refractivity (Wildman–Crippen MR) is 102 cm³/mol. The summed E-state index contributed by atoms with van der Waals surface area (Å²) in [4.78, 5) is 28.9. The number of nitrogens with zero attached hydrogens (tertiary/aromatic N) is 2. The lowest BCUT2D eigenvalue weighted by Crippen LogP contribution is -2.34. The smallest absolute Gasteiger partial charge is 0.261 e. The number of hydrogen-bond acceptors (Lipinski definition) is 3. The lowest BCUT2D eigenvalue weighted by Gasteiger charge is -2.13. The molecule has 1 amide bonds. The summed E-state index contributed by atoms with van der Waals surface area (Å²) in [5.41, 5.74) is 1.55. The van der Waals surface area contributed by atoms with Gasteiger partial charge in [0.25, 0.3) is 5.56 Å². The normalized spacial score (nSPS) is 12.1. The molecule has 2 aromatic carbocycles. The van der Waals surface area contributed by atoms with Crippen LogP contribution in [-0.2, 0) is 11.3 Å². The van der Waals surface area contributed by atoms with Gasteiger partial charge < -0.3 is 5.32 Å². The zero-order valence-corrected chi connectivity index (χ0v) is 15.4. The van der Waals surface area contributed by atoms with E-state index in [4.69, 9.17) is 0 Å². The Morgan fingerprint density at radius 1 is 1.24 bits per heavy atom. The third-order valence-corrected chi connectivity index (χ3v) is 4.57. The molecule has 5 nitrogen and oxygen atoms in total. The number of halogens is 1. The first-order valence-corrected chi connectivity index (χ1v) is 8.80. The molecular weight excluding hydrogens is 382 g/mol. The van der Waals surface area contributed by atoms with E-state index in [0.29, 0.717) is 17.4 Å². The summed E-state index contributed by atoms with van der Waals surface area (Å²) < 4.78 is 2.13.